The molecule has 0 aliphatic carbocycles. The number of nitrogens with one attached hydrogen (secondary N) is 2. The Morgan fingerprint density at radius 2 is 2.00 bits per heavy atom. The van der Waals surface area contributed by atoms with Gasteiger partial charge in [-0.3, -0.25) is 10.1 Å². The van der Waals surface area contributed by atoms with Gasteiger partial charge >= 0.3 is 0 Å². The summed E-state index contributed by atoms with van der Waals surface area (Å²) in [5, 5.41) is 15.1. The maximum absolute atomic E-state index is 11.1. The third-order valence-electron chi connectivity index (χ3n) is 2.23. The van der Waals surface area contributed by atoms with E-state index < -0.39 is 0 Å². The Labute approximate surface area is 81.9 Å². The minimum Gasteiger partial charge on any atom is -0.508 e. The van der Waals surface area contributed by atoms with Crippen LogP contribution in [-0.4, -0.2) is 17.6 Å². The molecule has 1 aliphatic rings. The summed E-state index contributed by atoms with van der Waals surface area (Å²) in [6, 6.07) is 6.80. The Balaban J connectivity index is 2.14. The van der Waals surface area contributed by atoms with Crippen LogP contribution in [0, 0.1) is 0 Å². The summed E-state index contributed by atoms with van der Waals surface area (Å²) in [6.45, 7) is 0.692. The van der Waals surface area contributed by atoms with Crippen molar-refractivity contribution in [2.75, 3.05) is 6.54 Å². The molecule has 1 amide bonds. The molecule has 3 N–H and O–H groups in total. The smallest absolute Gasteiger partial charge is 0.222 e. The zero-order valence-corrected chi connectivity index (χ0v) is 7.66. The van der Waals surface area contributed by atoms with Crippen LogP contribution in [0.1, 0.15) is 18.2 Å². The molecule has 1 aromatic rings. The predicted molar refractivity (Wildman–Crippen MR) is 51.6 cm³/mol. The number of carbonyl (C=O) groups excluding carboxylic acids is 1. The van der Waals surface area contributed by atoms with E-state index >= 15 is 0 Å². The number of phenolic OH excluding ortho intramolecular Hbond substituents is 1. The summed E-state index contributed by atoms with van der Waals surface area (Å²) in [7, 11) is 0. The molecule has 1 fully saturated rings. The summed E-state index contributed by atoms with van der Waals surface area (Å²) in [4.78, 5) is 11.1. The molecule has 0 radical (unpaired) electrons. The van der Waals surface area contributed by atoms with Gasteiger partial charge in [-0.25, -0.2) is 0 Å². The van der Waals surface area contributed by atoms with E-state index in [9.17, 15) is 4.79 Å². The number of rotatable bonds is 1. The quantitative estimate of drug-likeness (QED) is 0.607. The molecule has 0 saturated carbocycles. The second kappa shape index (κ2) is 3.67. The van der Waals surface area contributed by atoms with Crippen LogP contribution in [0.2, 0.25) is 0 Å². The van der Waals surface area contributed by atoms with Gasteiger partial charge in [0, 0.05) is 13.0 Å². The van der Waals surface area contributed by atoms with Gasteiger partial charge in [0.15, 0.2) is 0 Å². The minimum absolute atomic E-state index is 0.0572. The topological polar surface area (TPSA) is 61.4 Å². The van der Waals surface area contributed by atoms with Gasteiger partial charge < -0.3 is 10.4 Å². The van der Waals surface area contributed by atoms with Crippen LogP contribution in [0.25, 0.3) is 0 Å². The van der Waals surface area contributed by atoms with Crippen molar-refractivity contribution in [3.05, 3.63) is 29.8 Å². The molecular formula is C10H12N2O2. The highest BCUT2D eigenvalue weighted by atomic mass is 16.3. The van der Waals surface area contributed by atoms with Crippen LogP contribution in [0.4, 0.5) is 0 Å². The molecule has 14 heavy (non-hydrogen) atoms. The van der Waals surface area contributed by atoms with E-state index in [2.05, 4.69) is 10.6 Å². The zero-order valence-electron chi connectivity index (χ0n) is 7.66. The summed E-state index contributed by atoms with van der Waals surface area (Å²) in [5.74, 6) is 0.290. The van der Waals surface area contributed by atoms with E-state index in [1.807, 2.05) is 0 Å². The number of hydrogen-bond acceptors (Lipinski definition) is 3. The normalized spacial score (nSPS) is 21.7. The number of phenols is 1. The Kier molecular flexibility index (Phi) is 2.37. The van der Waals surface area contributed by atoms with Gasteiger partial charge in [0.2, 0.25) is 5.91 Å². The molecule has 4 heteroatoms. The van der Waals surface area contributed by atoms with Crippen LogP contribution in [0.15, 0.2) is 24.3 Å². The van der Waals surface area contributed by atoms with E-state index in [-0.39, 0.29) is 17.8 Å². The van der Waals surface area contributed by atoms with Crippen LogP contribution in [0.5, 0.6) is 5.75 Å². The second-order valence-corrected chi connectivity index (χ2v) is 3.30. The van der Waals surface area contributed by atoms with E-state index in [1.54, 1.807) is 24.3 Å². The van der Waals surface area contributed by atoms with E-state index in [4.69, 9.17) is 5.11 Å². The van der Waals surface area contributed by atoms with Crippen LogP contribution in [0.3, 0.4) is 0 Å². The average molecular weight is 192 g/mol. The van der Waals surface area contributed by atoms with Crippen molar-refractivity contribution in [3.63, 3.8) is 0 Å². The molecule has 1 heterocycles. The molecule has 0 bridgehead atoms. The van der Waals surface area contributed by atoms with Gasteiger partial charge in [-0.15, -0.1) is 0 Å². The highest BCUT2D eigenvalue weighted by Crippen LogP contribution is 2.16. The monoisotopic (exact) mass is 192 g/mol. The van der Waals surface area contributed by atoms with E-state index in [0.717, 1.165) is 5.56 Å². The number of aromatic hydroxyl groups is 1. The third kappa shape index (κ3) is 1.85. The number of amides is 1. The Morgan fingerprint density at radius 3 is 2.64 bits per heavy atom. The van der Waals surface area contributed by atoms with Gasteiger partial charge in [0.25, 0.3) is 0 Å². The van der Waals surface area contributed by atoms with Crippen LogP contribution < -0.4 is 10.6 Å². The van der Waals surface area contributed by atoms with E-state index in [1.165, 1.54) is 0 Å². The first kappa shape index (κ1) is 9.02. The molecule has 0 spiro atoms. The maximum atomic E-state index is 11.1. The third-order valence-corrected chi connectivity index (χ3v) is 2.23. The summed E-state index contributed by atoms with van der Waals surface area (Å²) >= 11 is 0. The van der Waals surface area contributed by atoms with Crippen LogP contribution >= 0.6 is 0 Å². The molecular weight excluding hydrogens is 180 g/mol. The maximum Gasteiger partial charge on any atom is 0.222 e. The van der Waals surface area contributed by atoms with Gasteiger partial charge in [-0.05, 0) is 17.7 Å². The molecule has 0 unspecified atom stereocenters. The first-order valence-electron chi connectivity index (χ1n) is 4.57. The second-order valence-electron chi connectivity index (χ2n) is 3.30. The fourth-order valence-electron chi connectivity index (χ4n) is 1.48. The van der Waals surface area contributed by atoms with Gasteiger partial charge in [-0.1, -0.05) is 12.1 Å². The molecule has 1 saturated heterocycles. The lowest BCUT2D eigenvalue weighted by atomic mass is 10.1. The molecule has 2 rings (SSSR count). The van der Waals surface area contributed by atoms with Crippen molar-refractivity contribution >= 4 is 5.91 Å². The van der Waals surface area contributed by atoms with Crippen molar-refractivity contribution in [3.8, 4) is 5.75 Å². The summed E-state index contributed by atoms with van der Waals surface area (Å²) in [5.41, 5.74) is 0.954. The standard InChI is InChI=1S/C10H12N2O2/c13-8-3-1-7(2-4-8)10-11-6-5-9(14)12-10/h1-4,10-11,13H,5-6H2,(H,12,14)/t10-/m0/s1. The van der Waals surface area contributed by atoms with Crippen molar-refractivity contribution < 1.29 is 9.90 Å². The highest BCUT2D eigenvalue weighted by molar-refractivity contribution is 5.77. The van der Waals surface area contributed by atoms with Gasteiger partial charge in [0.05, 0.1) is 0 Å². The number of hydrogen-bond donors (Lipinski definition) is 3. The SMILES string of the molecule is O=C1CCN[C@H](c2ccc(O)cc2)N1. The van der Waals surface area contributed by atoms with E-state index in [0.29, 0.717) is 13.0 Å². The fraction of sp³-hybridized carbons (Fsp3) is 0.300. The lowest BCUT2D eigenvalue weighted by Gasteiger charge is -2.25. The molecule has 74 valence electrons. The molecule has 1 atom stereocenters. The van der Waals surface area contributed by atoms with Gasteiger partial charge in [0.1, 0.15) is 11.9 Å². The largest absolute Gasteiger partial charge is 0.508 e. The van der Waals surface area contributed by atoms with Crippen molar-refractivity contribution in [2.45, 2.75) is 12.6 Å². The predicted octanol–water partition coefficient (Wildman–Crippen LogP) is 0.500. The lowest BCUT2D eigenvalue weighted by Crippen LogP contribution is -2.44. The fourth-order valence-corrected chi connectivity index (χ4v) is 1.48. The number of carbonyl (C=O) groups is 1. The average Bonchev–Trinajstić information content (AvgIpc) is 2.19. The summed E-state index contributed by atoms with van der Waals surface area (Å²) < 4.78 is 0. The van der Waals surface area contributed by atoms with Crippen molar-refractivity contribution in [1.82, 2.24) is 10.6 Å². The first-order chi connectivity index (χ1) is 6.75. The molecule has 1 aromatic carbocycles. The molecule has 4 nitrogen and oxygen atoms in total. The minimum atomic E-state index is -0.128. The highest BCUT2D eigenvalue weighted by Gasteiger charge is 2.18. The van der Waals surface area contributed by atoms with Crippen LogP contribution in [-0.2, 0) is 4.79 Å². The molecule has 0 aromatic heterocycles. The molecule has 1 aliphatic heterocycles. The lowest BCUT2D eigenvalue weighted by molar-refractivity contribution is -0.123. The Hall–Kier alpha value is -1.55. The zero-order chi connectivity index (χ0) is 9.97. The first-order valence-corrected chi connectivity index (χ1v) is 4.57. The van der Waals surface area contributed by atoms with Gasteiger partial charge in [-0.2, -0.15) is 0 Å². The Bertz CT molecular complexity index is 334. The number of benzene rings is 1. The summed E-state index contributed by atoms with van der Waals surface area (Å²) in [6.07, 6.45) is 0.394. The Morgan fingerprint density at radius 1 is 1.29 bits per heavy atom. The van der Waals surface area contributed by atoms with Crippen molar-refractivity contribution in [2.24, 2.45) is 0 Å². The van der Waals surface area contributed by atoms with Crippen molar-refractivity contribution in [1.29, 1.82) is 0 Å².